The summed E-state index contributed by atoms with van der Waals surface area (Å²) in [5.41, 5.74) is 4.68. The van der Waals surface area contributed by atoms with Crippen LogP contribution in [0.2, 0.25) is 0 Å². The molecule has 0 aromatic carbocycles. The van der Waals surface area contributed by atoms with E-state index in [1.54, 1.807) is 6.08 Å². The Bertz CT molecular complexity index is 1340. The molecular weight excluding hydrogens is 504 g/mol. The Hall–Kier alpha value is -2.36. The van der Waals surface area contributed by atoms with Crippen molar-refractivity contribution in [1.82, 2.24) is 9.97 Å². The maximum Gasteiger partial charge on any atom is 0.163 e. The first-order chi connectivity index (χ1) is 19.2. The average molecular weight is 561 g/mol. The first kappa shape index (κ1) is 31.6. The summed E-state index contributed by atoms with van der Waals surface area (Å²) in [4.78, 5) is 33.3. The van der Waals surface area contributed by atoms with E-state index in [4.69, 9.17) is 0 Å². The number of rotatable bonds is 10. The first-order valence-electron chi connectivity index (χ1n) is 16.4. The van der Waals surface area contributed by atoms with Gasteiger partial charge >= 0.3 is 0 Å². The molecule has 0 aliphatic heterocycles. The highest BCUT2D eigenvalue weighted by atomic mass is 16.1. The zero-order valence-corrected chi connectivity index (χ0v) is 27.3. The lowest BCUT2D eigenvalue weighted by Crippen LogP contribution is -2.23. The molecule has 0 radical (unpaired) electrons. The van der Waals surface area contributed by atoms with Crippen LogP contribution < -0.4 is 10.7 Å². The molecule has 0 bridgehead atoms. The number of hydrogen-bond acceptors (Lipinski definition) is 2. The molecule has 0 saturated heterocycles. The molecule has 0 atom stereocenters. The zero-order valence-electron chi connectivity index (χ0n) is 27.3. The monoisotopic (exact) mass is 560 g/mol. The van der Waals surface area contributed by atoms with E-state index in [9.17, 15) is 9.59 Å². The Morgan fingerprint density at radius 2 is 1.32 bits per heavy atom. The predicted molar refractivity (Wildman–Crippen MR) is 171 cm³/mol. The summed E-state index contributed by atoms with van der Waals surface area (Å²) in [5, 5.41) is 2.00. The van der Waals surface area contributed by atoms with E-state index in [0.29, 0.717) is 17.3 Å². The van der Waals surface area contributed by atoms with Crippen molar-refractivity contribution >= 4 is 23.7 Å². The highest BCUT2D eigenvalue weighted by molar-refractivity contribution is 6.08. The molecule has 2 aromatic heterocycles. The molecule has 2 heterocycles. The highest BCUT2D eigenvalue weighted by Crippen LogP contribution is 2.45. The van der Waals surface area contributed by atoms with Crippen molar-refractivity contribution < 1.29 is 9.59 Å². The van der Waals surface area contributed by atoms with Crippen molar-refractivity contribution in [3.63, 3.8) is 0 Å². The number of carbonyl (C=O) groups excluding carboxylic acids is 2. The van der Waals surface area contributed by atoms with Gasteiger partial charge in [0, 0.05) is 45.4 Å². The van der Waals surface area contributed by atoms with Gasteiger partial charge in [0.05, 0.1) is 0 Å². The minimum Gasteiger partial charge on any atom is -0.358 e. The number of aromatic amines is 2. The van der Waals surface area contributed by atoms with E-state index in [1.807, 2.05) is 41.5 Å². The Kier molecular flexibility index (Phi) is 9.31. The Labute approximate surface area is 248 Å². The number of hydrogen-bond donors (Lipinski definition) is 2. The summed E-state index contributed by atoms with van der Waals surface area (Å²) in [7, 11) is 0. The third kappa shape index (κ3) is 7.54. The van der Waals surface area contributed by atoms with E-state index >= 15 is 0 Å². The average Bonchev–Trinajstić information content (AvgIpc) is 3.68. The minimum absolute atomic E-state index is 0.137. The van der Waals surface area contributed by atoms with Gasteiger partial charge < -0.3 is 9.97 Å². The first-order valence-corrected chi connectivity index (χ1v) is 16.4. The van der Waals surface area contributed by atoms with Crippen LogP contribution in [0.1, 0.15) is 142 Å². The van der Waals surface area contributed by atoms with E-state index in [-0.39, 0.29) is 17.0 Å². The van der Waals surface area contributed by atoms with Crippen LogP contribution >= 0.6 is 0 Å². The Morgan fingerprint density at radius 1 is 0.780 bits per heavy atom. The van der Waals surface area contributed by atoms with Crippen LogP contribution in [0.3, 0.4) is 0 Å². The maximum absolute atomic E-state index is 13.0. The molecule has 2 aliphatic carbocycles. The Balaban J connectivity index is 1.83. The van der Waals surface area contributed by atoms with E-state index in [1.165, 1.54) is 75.3 Å². The van der Waals surface area contributed by atoms with E-state index < -0.39 is 5.41 Å². The minimum atomic E-state index is -0.415. The van der Waals surface area contributed by atoms with Crippen molar-refractivity contribution in [3.8, 4) is 0 Å². The standard InChI is InChI=1S/C37H56N2O2/c1-9-36(15-11-12-16-36)24-26-19-28(21-32(40)34(3,4)5)38-30(26)23-31-27(25-37(10-2)17-13-14-18-37)20-29(39-31)22-33(41)35(6,7)8/h19-21,23,38-39H,9-18,22,24-25H2,1-8H3. The summed E-state index contributed by atoms with van der Waals surface area (Å²) >= 11 is 0. The molecule has 4 rings (SSSR count). The molecule has 2 saturated carbocycles. The molecular formula is C37H56N2O2. The molecule has 2 aromatic rings. The second kappa shape index (κ2) is 12.1. The fourth-order valence-corrected chi connectivity index (χ4v) is 7.15. The van der Waals surface area contributed by atoms with Crippen LogP contribution in [0.25, 0.3) is 12.2 Å². The normalized spacial score (nSPS) is 19.8. The molecule has 4 heteroatoms. The fraction of sp³-hybridized carbons (Fsp3) is 0.676. The van der Waals surface area contributed by atoms with Crippen molar-refractivity contribution in [2.45, 2.75) is 139 Å². The van der Waals surface area contributed by atoms with Gasteiger partial charge in [0.1, 0.15) is 5.78 Å². The molecule has 2 N–H and O–H groups in total. The van der Waals surface area contributed by atoms with Crippen LogP contribution in [0.4, 0.5) is 0 Å². The number of Topliss-reactive ketones (excluding diaryl/α,β-unsaturated/α-hetero) is 2. The van der Waals surface area contributed by atoms with Gasteiger partial charge in [-0.2, -0.15) is 0 Å². The van der Waals surface area contributed by atoms with Crippen molar-refractivity contribution in [2.24, 2.45) is 21.7 Å². The van der Waals surface area contributed by atoms with Gasteiger partial charge in [-0.3, -0.25) is 9.59 Å². The van der Waals surface area contributed by atoms with Crippen LogP contribution in [-0.4, -0.2) is 21.5 Å². The molecule has 4 nitrogen and oxygen atoms in total. The van der Waals surface area contributed by atoms with Crippen molar-refractivity contribution in [1.29, 1.82) is 0 Å². The second-order valence-corrected chi connectivity index (χ2v) is 15.6. The van der Waals surface area contributed by atoms with E-state index in [2.05, 4.69) is 42.0 Å². The number of aromatic nitrogens is 2. The van der Waals surface area contributed by atoms with Gasteiger partial charge in [-0.05, 0) is 78.7 Å². The van der Waals surface area contributed by atoms with E-state index in [0.717, 1.165) is 34.9 Å². The molecule has 41 heavy (non-hydrogen) atoms. The number of ketones is 2. The lowest BCUT2D eigenvalue weighted by molar-refractivity contribution is -0.125. The summed E-state index contributed by atoms with van der Waals surface area (Å²) in [6.45, 7) is 16.6. The lowest BCUT2D eigenvalue weighted by Gasteiger charge is -2.27. The summed E-state index contributed by atoms with van der Waals surface area (Å²) in [5.74, 6) is 0.393. The smallest absolute Gasteiger partial charge is 0.163 e. The predicted octanol–water partition coefficient (Wildman–Crippen LogP) is 7.75. The van der Waals surface area contributed by atoms with Gasteiger partial charge in [-0.15, -0.1) is 0 Å². The van der Waals surface area contributed by atoms with Gasteiger partial charge in [0.15, 0.2) is 5.78 Å². The molecule has 0 amide bonds. The van der Waals surface area contributed by atoms with Crippen LogP contribution in [0, 0.1) is 21.7 Å². The summed E-state index contributed by atoms with van der Waals surface area (Å²) in [6, 6.07) is 4.50. The molecule has 2 aliphatic rings. The molecule has 0 unspecified atom stereocenters. The topological polar surface area (TPSA) is 65.7 Å². The van der Waals surface area contributed by atoms with Gasteiger partial charge in [-0.25, -0.2) is 0 Å². The molecule has 226 valence electrons. The van der Waals surface area contributed by atoms with Gasteiger partial charge in [-0.1, -0.05) is 93.9 Å². The third-order valence-electron chi connectivity index (χ3n) is 10.4. The lowest BCUT2D eigenvalue weighted by atomic mass is 9.77. The fourth-order valence-electron chi connectivity index (χ4n) is 7.15. The number of H-pyrrole nitrogens is 2. The quantitative estimate of drug-likeness (QED) is 0.312. The van der Waals surface area contributed by atoms with Crippen LogP contribution in [0.5, 0.6) is 0 Å². The molecule has 2 fully saturated rings. The summed E-state index contributed by atoms with van der Waals surface area (Å²) < 4.78 is 0. The van der Waals surface area contributed by atoms with Gasteiger partial charge in [0.2, 0.25) is 0 Å². The number of carbonyl (C=O) groups is 2. The maximum atomic E-state index is 13.0. The van der Waals surface area contributed by atoms with Crippen molar-refractivity contribution in [3.05, 3.63) is 45.3 Å². The van der Waals surface area contributed by atoms with Crippen LogP contribution in [-0.2, 0) is 28.9 Å². The molecule has 0 spiro atoms. The second-order valence-electron chi connectivity index (χ2n) is 15.6. The highest BCUT2D eigenvalue weighted by Gasteiger charge is 2.34. The van der Waals surface area contributed by atoms with Gasteiger partial charge in [0.25, 0.3) is 0 Å². The summed E-state index contributed by atoms with van der Waals surface area (Å²) in [6.07, 6.45) is 19.3. The SMILES string of the molecule is CCC1(Cc2cc(CC(=O)C(C)(C)C)[nH]c2C=c2[nH]c(=CC(=O)C(C)(C)C)cc2CC2(CC)CCCC2)CCCC1. The zero-order chi connectivity index (χ0) is 30.1. The van der Waals surface area contributed by atoms with Crippen LogP contribution in [0.15, 0.2) is 12.1 Å². The Morgan fingerprint density at radius 3 is 1.80 bits per heavy atom. The third-order valence-corrected chi connectivity index (χ3v) is 10.4. The largest absolute Gasteiger partial charge is 0.358 e. The number of nitrogens with one attached hydrogen (secondary N) is 2. The van der Waals surface area contributed by atoms with Crippen molar-refractivity contribution in [2.75, 3.05) is 0 Å².